The molecule has 0 aliphatic carbocycles. The highest BCUT2D eigenvalue weighted by Gasteiger charge is 2.09. The van der Waals surface area contributed by atoms with Gasteiger partial charge in [0.2, 0.25) is 0 Å². The minimum absolute atomic E-state index is 0.781. The number of nitrogens with one attached hydrogen (secondary N) is 3. The van der Waals surface area contributed by atoms with Crippen LogP contribution in [0.4, 0.5) is 0 Å². The summed E-state index contributed by atoms with van der Waals surface area (Å²) < 4.78 is 5.21. The second kappa shape index (κ2) is 6.36. The molecule has 3 rings (SSSR count). The Morgan fingerprint density at radius 1 is 1.30 bits per heavy atom. The number of ether oxygens (including phenoxy) is 1. The van der Waals surface area contributed by atoms with Gasteiger partial charge in [0.1, 0.15) is 11.4 Å². The monoisotopic (exact) mass is 306 g/mol. The van der Waals surface area contributed by atoms with Gasteiger partial charge >= 0.3 is 0 Å². The lowest BCUT2D eigenvalue weighted by atomic mass is 10.0. The highest BCUT2D eigenvalue weighted by Crippen LogP contribution is 2.30. The van der Waals surface area contributed by atoms with E-state index >= 15 is 0 Å². The van der Waals surface area contributed by atoms with E-state index in [1.54, 1.807) is 19.5 Å². The second-order valence-electron chi connectivity index (χ2n) is 5.08. The standard InChI is InChI=1S/C18H18N4O/c1-20-9-14(8-19)13-7-16-17(11-22-18(16)21-10-13)12-3-5-15(23-2)6-4-12/h3-11,19-20H,1-2H3,(H,21,22)/b14-9+,19-8?. The van der Waals surface area contributed by atoms with Crippen molar-refractivity contribution in [2.24, 2.45) is 0 Å². The van der Waals surface area contributed by atoms with Crippen molar-refractivity contribution in [2.75, 3.05) is 14.2 Å². The van der Waals surface area contributed by atoms with Crippen molar-refractivity contribution < 1.29 is 4.74 Å². The fraction of sp³-hybridized carbons (Fsp3) is 0.111. The minimum Gasteiger partial charge on any atom is -0.497 e. The first-order valence-corrected chi connectivity index (χ1v) is 7.26. The highest BCUT2D eigenvalue weighted by atomic mass is 16.5. The first-order valence-electron chi connectivity index (χ1n) is 7.26. The fourth-order valence-electron chi connectivity index (χ4n) is 2.53. The molecular formula is C18H18N4O. The van der Waals surface area contributed by atoms with Crippen molar-refractivity contribution in [2.45, 2.75) is 0 Å². The first kappa shape index (κ1) is 14.8. The Balaban J connectivity index is 2.11. The van der Waals surface area contributed by atoms with E-state index in [4.69, 9.17) is 10.1 Å². The molecule has 0 saturated carbocycles. The summed E-state index contributed by atoms with van der Waals surface area (Å²) in [6.07, 6.45) is 6.83. The first-order chi connectivity index (χ1) is 11.3. The van der Waals surface area contributed by atoms with Crippen LogP contribution in [-0.4, -0.2) is 30.3 Å². The van der Waals surface area contributed by atoms with Crippen molar-refractivity contribution in [1.82, 2.24) is 15.3 Å². The molecule has 0 aliphatic heterocycles. The van der Waals surface area contributed by atoms with Gasteiger partial charge in [0.15, 0.2) is 0 Å². The van der Waals surface area contributed by atoms with Crippen LogP contribution in [-0.2, 0) is 0 Å². The van der Waals surface area contributed by atoms with E-state index < -0.39 is 0 Å². The summed E-state index contributed by atoms with van der Waals surface area (Å²) in [6, 6.07) is 9.97. The summed E-state index contributed by atoms with van der Waals surface area (Å²) in [5, 5.41) is 11.5. The van der Waals surface area contributed by atoms with Gasteiger partial charge in [0, 0.05) is 53.9 Å². The number of allylic oxidation sites excluding steroid dienone is 1. The molecule has 0 fully saturated rings. The molecule has 3 N–H and O–H groups in total. The lowest BCUT2D eigenvalue weighted by molar-refractivity contribution is 0.415. The highest BCUT2D eigenvalue weighted by molar-refractivity contribution is 6.09. The van der Waals surface area contributed by atoms with E-state index in [0.717, 1.165) is 39.0 Å². The molecule has 0 radical (unpaired) electrons. The Morgan fingerprint density at radius 2 is 2.09 bits per heavy atom. The van der Waals surface area contributed by atoms with E-state index in [0.29, 0.717) is 0 Å². The minimum atomic E-state index is 0.781. The fourth-order valence-corrected chi connectivity index (χ4v) is 2.53. The number of hydrogen-bond acceptors (Lipinski definition) is 4. The van der Waals surface area contributed by atoms with Gasteiger partial charge in [-0.25, -0.2) is 4.98 Å². The zero-order valence-corrected chi connectivity index (χ0v) is 13.1. The van der Waals surface area contributed by atoms with Gasteiger partial charge in [-0.1, -0.05) is 12.1 Å². The third kappa shape index (κ3) is 2.81. The zero-order chi connectivity index (χ0) is 16.2. The average molecular weight is 306 g/mol. The zero-order valence-electron chi connectivity index (χ0n) is 13.1. The third-order valence-electron chi connectivity index (χ3n) is 3.72. The maximum Gasteiger partial charge on any atom is 0.137 e. The number of pyridine rings is 1. The second-order valence-corrected chi connectivity index (χ2v) is 5.08. The van der Waals surface area contributed by atoms with Crippen molar-refractivity contribution in [3.8, 4) is 16.9 Å². The molecular weight excluding hydrogens is 288 g/mol. The number of fused-ring (bicyclic) bond motifs is 1. The molecule has 0 aliphatic rings. The Bertz CT molecular complexity index is 862. The van der Waals surface area contributed by atoms with Crippen molar-refractivity contribution in [3.63, 3.8) is 0 Å². The Kier molecular flexibility index (Phi) is 4.10. The summed E-state index contributed by atoms with van der Waals surface area (Å²) in [5.41, 5.74) is 4.67. The molecule has 23 heavy (non-hydrogen) atoms. The van der Waals surface area contributed by atoms with Crippen LogP contribution in [0.5, 0.6) is 5.75 Å². The molecule has 0 amide bonds. The molecule has 5 heteroatoms. The molecule has 0 atom stereocenters. The molecule has 5 nitrogen and oxygen atoms in total. The number of rotatable bonds is 5. The van der Waals surface area contributed by atoms with Gasteiger partial charge in [0.25, 0.3) is 0 Å². The SMILES string of the molecule is CN/C=C(\C=N)c1cnc2[nH]cc(-c3ccc(OC)cc3)c2c1. The smallest absolute Gasteiger partial charge is 0.137 e. The van der Waals surface area contributed by atoms with Gasteiger partial charge in [-0.05, 0) is 23.8 Å². The number of aromatic nitrogens is 2. The number of methoxy groups -OCH3 is 1. The molecule has 0 bridgehead atoms. The third-order valence-corrected chi connectivity index (χ3v) is 3.72. The number of H-pyrrole nitrogens is 1. The average Bonchev–Trinajstić information content (AvgIpc) is 3.03. The van der Waals surface area contributed by atoms with Crippen LogP contribution in [0, 0.1) is 5.41 Å². The van der Waals surface area contributed by atoms with Crippen LogP contribution < -0.4 is 10.1 Å². The van der Waals surface area contributed by atoms with Crippen LogP contribution in [0.1, 0.15) is 5.56 Å². The van der Waals surface area contributed by atoms with Crippen molar-refractivity contribution in [1.29, 1.82) is 5.41 Å². The van der Waals surface area contributed by atoms with Gasteiger partial charge in [-0.3, -0.25) is 0 Å². The summed E-state index contributed by atoms with van der Waals surface area (Å²) >= 11 is 0. The number of benzene rings is 1. The van der Waals surface area contributed by atoms with Gasteiger partial charge in [-0.2, -0.15) is 0 Å². The number of aromatic amines is 1. The summed E-state index contributed by atoms with van der Waals surface area (Å²) in [5.74, 6) is 0.829. The maximum atomic E-state index is 7.55. The molecule has 0 saturated heterocycles. The van der Waals surface area contributed by atoms with Gasteiger partial charge in [0.05, 0.1) is 7.11 Å². The van der Waals surface area contributed by atoms with E-state index in [1.807, 2.05) is 43.6 Å². The normalized spacial score (nSPS) is 11.5. The Labute approximate surface area is 134 Å². The molecule has 2 aromatic heterocycles. The van der Waals surface area contributed by atoms with Crippen LogP contribution in [0.2, 0.25) is 0 Å². The molecule has 116 valence electrons. The van der Waals surface area contributed by atoms with Crippen LogP contribution in [0.25, 0.3) is 27.7 Å². The van der Waals surface area contributed by atoms with E-state index in [-0.39, 0.29) is 0 Å². The van der Waals surface area contributed by atoms with E-state index in [1.165, 1.54) is 6.21 Å². The summed E-state index contributed by atoms with van der Waals surface area (Å²) in [7, 11) is 3.47. The maximum absolute atomic E-state index is 7.55. The lowest BCUT2D eigenvalue weighted by Gasteiger charge is -2.05. The summed E-state index contributed by atoms with van der Waals surface area (Å²) in [4.78, 5) is 7.66. The molecule has 3 aromatic rings. The van der Waals surface area contributed by atoms with Crippen LogP contribution >= 0.6 is 0 Å². The number of hydrogen-bond donors (Lipinski definition) is 3. The molecule has 0 spiro atoms. The quantitative estimate of drug-likeness (QED) is 0.632. The molecule has 2 heterocycles. The summed E-state index contributed by atoms with van der Waals surface area (Å²) in [6.45, 7) is 0. The van der Waals surface area contributed by atoms with Crippen LogP contribution in [0.15, 0.2) is 48.9 Å². The van der Waals surface area contributed by atoms with Gasteiger partial charge < -0.3 is 20.4 Å². The van der Waals surface area contributed by atoms with E-state index in [2.05, 4.69) is 15.3 Å². The van der Waals surface area contributed by atoms with Gasteiger partial charge in [-0.15, -0.1) is 0 Å². The predicted molar refractivity (Wildman–Crippen MR) is 93.9 cm³/mol. The Hall–Kier alpha value is -3.08. The van der Waals surface area contributed by atoms with Crippen molar-refractivity contribution in [3.05, 3.63) is 54.5 Å². The lowest BCUT2D eigenvalue weighted by Crippen LogP contribution is -1.97. The molecule has 0 unspecified atom stereocenters. The molecule has 1 aromatic carbocycles. The van der Waals surface area contributed by atoms with Crippen LogP contribution in [0.3, 0.4) is 0 Å². The van der Waals surface area contributed by atoms with Crippen molar-refractivity contribution >= 4 is 22.8 Å². The number of nitrogens with zero attached hydrogens (tertiary/aromatic N) is 1. The predicted octanol–water partition coefficient (Wildman–Crippen LogP) is 3.45. The topological polar surface area (TPSA) is 73.8 Å². The van der Waals surface area contributed by atoms with E-state index in [9.17, 15) is 0 Å². The Morgan fingerprint density at radius 3 is 2.74 bits per heavy atom. The largest absolute Gasteiger partial charge is 0.497 e.